The standard InChI is InChI=1S/C18H20N2O4/c1-20-13-8-6-5-7-11(13)18(21)19-17(20)12-9-15(23-3)16(24-4)10-14(12)22-2/h5-10,17H,1-4H3,(H,19,21). The van der Waals surface area contributed by atoms with Gasteiger partial charge in [-0.2, -0.15) is 0 Å². The van der Waals surface area contributed by atoms with Crippen LogP contribution in [0.1, 0.15) is 22.1 Å². The summed E-state index contributed by atoms with van der Waals surface area (Å²) in [7, 11) is 6.66. The number of nitrogens with zero attached hydrogens (tertiary/aromatic N) is 1. The number of carbonyl (C=O) groups is 1. The second-order valence-electron chi connectivity index (χ2n) is 5.45. The Labute approximate surface area is 140 Å². The van der Waals surface area contributed by atoms with Crippen LogP contribution in [0.4, 0.5) is 5.69 Å². The normalized spacial score (nSPS) is 16.2. The molecule has 1 heterocycles. The molecule has 0 spiro atoms. The van der Waals surface area contributed by atoms with Gasteiger partial charge in [0.2, 0.25) is 0 Å². The van der Waals surface area contributed by atoms with Crippen LogP contribution in [0.5, 0.6) is 17.2 Å². The van der Waals surface area contributed by atoms with Crippen molar-refractivity contribution in [1.82, 2.24) is 5.32 Å². The van der Waals surface area contributed by atoms with E-state index in [1.807, 2.05) is 42.3 Å². The van der Waals surface area contributed by atoms with Crippen molar-refractivity contribution >= 4 is 11.6 Å². The van der Waals surface area contributed by atoms with Crippen LogP contribution in [0.15, 0.2) is 36.4 Å². The molecule has 1 atom stereocenters. The van der Waals surface area contributed by atoms with Gasteiger partial charge in [-0.1, -0.05) is 12.1 Å². The van der Waals surface area contributed by atoms with E-state index in [2.05, 4.69) is 5.32 Å². The predicted octanol–water partition coefficient (Wildman–Crippen LogP) is 2.59. The van der Waals surface area contributed by atoms with Crippen LogP contribution in [-0.2, 0) is 0 Å². The number of hydrogen-bond donors (Lipinski definition) is 1. The van der Waals surface area contributed by atoms with Gasteiger partial charge >= 0.3 is 0 Å². The molecule has 6 heteroatoms. The van der Waals surface area contributed by atoms with Crippen molar-refractivity contribution in [2.45, 2.75) is 6.17 Å². The lowest BCUT2D eigenvalue weighted by Crippen LogP contribution is -2.44. The van der Waals surface area contributed by atoms with Crippen molar-refractivity contribution in [3.8, 4) is 17.2 Å². The third-order valence-corrected chi connectivity index (χ3v) is 4.21. The van der Waals surface area contributed by atoms with Crippen molar-refractivity contribution in [2.24, 2.45) is 0 Å². The fourth-order valence-corrected chi connectivity index (χ4v) is 2.96. The number of methoxy groups -OCH3 is 3. The van der Waals surface area contributed by atoms with Gasteiger partial charge in [0.1, 0.15) is 11.9 Å². The van der Waals surface area contributed by atoms with Crippen LogP contribution < -0.4 is 24.4 Å². The van der Waals surface area contributed by atoms with E-state index in [0.717, 1.165) is 11.3 Å². The number of benzene rings is 2. The van der Waals surface area contributed by atoms with Gasteiger partial charge in [-0.05, 0) is 18.2 Å². The average molecular weight is 328 g/mol. The molecule has 1 amide bonds. The molecule has 0 bridgehead atoms. The fourth-order valence-electron chi connectivity index (χ4n) is 2.96. The molecule has 1 unspecified atom stereocenters. The van der Waals surface area contributed by atoms with Crippen molar-refractivity contribution < 1.29 is 19.0 Å². The number of carbonyl (C=O) groups excluding carboxylic acids is 1. The Bertz CT molecular complexity index is 776. The Kier molecular flexibility index (Phi) is 4.20. The summed E-state index contributed by atoms with van der Waals surface area (Å²) >= 11 is 0. The van der Waals surface area contributed by atoms with Gasteiger partial charge in [0.05, 0.1) is 32.6 Å². The summed E-state index contributed by atoms with van der Waals surface area (Å²) in [6.07, 6.45) is -0.373. The molecule has 0 radical (unpaired) electrons. The Balaban J connectivity index is 2.11. The molecule has 3 rings (SSSR count). The predicted molar refractivity (Wildman–Crippen MR) is 91.2 cm³/mol. The number of nitrogens with one attached hydrogen (secondary N) is 1. The zero-order chi connectivity index (χ0) is 17.3. The van der Waals surface area contributed by atoms with Crippen LogP contribution in [0.25, 0.3) is 0 Å². The first kappa shape index (κ1) is 16.0. The highest BCUT2D eigenvalue weighted by Gasteiger charge is 2.31. The highest BCUT2D eigenvalue weighted by atomic mass is 16.5. The Morgan fingerprint density at radius 3 is 2.25 bits per heavy atom. The van der Waals surface area contributed by atoms with E-state index in [-0.39, 0.29) is 12.1 Å². The summed E-state index contributed by atoms with van der Waals surface area (Å²) in [5, 5.41) is 3.01. The Morgan fingerprint density at radius 2 is 1.58 bits per heavy atom. The third-order valence-electron chi connectivity index (χ3n) is 4.21. The molecule has 126 valence electrons. The number of fused-ring (bicyclic) bond motifs is 1. The number of anilines is 1. The van der Waals surface area contributed by atoms with Crippen LogP contribution in [-0.4, -0.2) is 34.3 Å². The first-order valence-corrected chi connectivity index (χ1v) is 7.53. The lowest BCUT2D eigenvalue weighted by molar-refractivity contribution is 0.0927. The van der Waals surface area contributed by atoms with Gasteiger partial charge in [0.15, 0.2) is 11.5 Å². The van der Waals surface area contributed by atoms with Crippen molar-refractivity contribution in [3.63, 3.8) is 0 Å². The third kappa shape index (κ3) is 2.50. The molecular formula is C18H20N2O4. The first-order valence-electron chi connectivity index (χ1n) is 7.53. The number of rotatable bonds is 4. The van der Waals surface area contributed by atoms with Gasteiger partial charge in [-0.15, -0.1) is 0 Å². The zero-order valence-electron chi connectivity index (χ0n) is 14.1. The van der Waals surface area contributed by atoms with Crippen molar-refractivity contribution in [3.05, 3.63) is 47.5 Å². The lowest BCUT2D eigenvalue weighted by atomic mass is 10.0. The highest BCUT2D eigenvalue weighted by Crippen LogP contribution is 2.41. The van der Waals surface area contributed by atoms with Gasteiger partial charge < -0.3 is 24.4 Å². The molecule has 0 saturated heterocycles. The second kappa shape index (κ2) is 6.31. The van der Waals surface area contributed by atoms with Crippen LogP contribution in [0.2, 0.25) is 0 Å². The quantitative estimate of drug-likeness (QED) is 0.935. The SMILES string of the molecule is COc1cc(OC)c(C2NC(=O)c3ccccc3N2C)cc1OC. The molecule has 2 aromatic rings. The monoisotopic (exact) mass is 328 g/mol. The Morgan fingerprint density at radius 1 is 0.958 bits per heavy atom. The number of hydrogen-bond acceptors (Lipinski definition) is 5. The van der Waals surface area contributed by atoms with Crippen LogP contribution in [0, 0.1) is 0 Å². The zero-order valence-corrected chi connectivity index (χ0v) is 14.1. The molecule has 1 aliphatic heterocycles. The topological polar surface area (TPSA) is 60.0 Å². The number of amides is 1. The van der Waals surface area contributed by atoms with Gasteiger partial charge in [-0.25, -0.2) is 0 Å². The minimum absolute atomic E-state index is 0.120. The maximum Gasteiger partial charge on any atom is 0.255 e. The molecule has 0 fully saturated rings. The highest BCUT2D eigenvalue weighted by molar-refractivity contribution is 6.02. The first-order chi connectivity index (χ1) is 11.6. The molecule has 24 heavy (non-hydrogen) atoms. The van der Waals surface area contributed by atoms with E-state index in [4.69, 9.17) is 14.2 Å². The molecule has 0 saturated carbocycles. The Hall–Kier alpha value is -2.89. The molecule has 1 N–H and O–H groups in total. The molecule has 0 aromatic heterocycles. The molecule has 2 aromatic carbocycles. The summed E-state index contributed by atoms with van der Waals surface area (Å²) in [5.74, 6) is 1.65. The van der Waals surface area contributed by atoms with Gasteiger partial charge in [0.25, 0.3) is 5.91 Å². The summed E-state index contributed by atoms with van der Waals surface area (Å²) in [6, 6.07) is 11.1. The minimum atomic E-state index is -0.373. The van der Waals surface area contributed by atoms with E-state index in [1.54, 1.807) is 27.4 Å². The number of ether oxygens (including phenoxy) is 3. The minimum Gasteiger partial charge on any atom is -0.496 e. The van der Waals surface area contributed by atoms with E-state index in [9.17, 15) is 4.79 Å². The fraction of sp³-hybridized carbons (Fsp3) is 0.278. The van der Waals surface area contributed by atoms with E-state index in [0.29, 0.717) is 22.8 Å². The maximum atomic E-state index is 12.5. The molecule has 1 aliphatic rings. The lowest BCUT2D eigenvalue weighted by Gasteiger charge is -2.37. The summed E-state index contributed by atoms with van der Waals surface area (Å²) in [6.45, 7) is 0. The number of para-hydroxylation sites is 1. The molecule has 6 nitrogen and oxygen atoms in total. The second-order valence-corrected chi connectivity index (χ2v) is 5.45. The molecular weight excluding hydrogens is 308 g/mol. The van der Waals surface area contributed by atoms with E-state index >= 15 is 0 Å². The van der Waals surface area contributed by atoms with Crippen molar-refractivity contribution in [1.29, 1.82) is 0 Å². The smallest absolute Gasteiger partial charge is 0.255 e. The summed E-state index contributed by atoms with van der Waals surface area (Å²) in [4.78, 5) is 14.5. The van der Waals surface area contributed by atoms with Gasteiger partial charge in [0, 0.05) is 18.7 Å². The average Bonchev–Trinajstić information content (AvgIpc) is 2.63. The van der Waals surface area contributed by atoms with Crippen LogP contribution in [0.3, 0.4) is 0 Å². The van der Waals surface area contributed by atoms with Crippen molar-refractivity contribution in [2.75, 3.05) is 33.3 Å². The molecule has 0 aliphatic carbocycles. The van der Waals surface area contributed by atoms with Crippen LogP contribution >= 0.6 is 0 Å². The van der Waals surface area contributed by atoms with Gasteiger partial charge in [-0.3, -0.25) is 4.79 Å². The summed E-state index contributed by atoms with van der Waals surface area (Å²) in [5.41, 5.74) is 2.30. The van der Waals surface area contributed by atoms with E-state index in [1.165, 1.54) is 0 Å². The summed E-state index contributed by atoms with van der Waals surface area (Å²) < 4.78 is 16.2. The largest absolute Gasteiger partial charge is 0.496 e. The van der Waals surface area contributed by atoms with E-state index < -0.39 is 0 Å². The maximum absolute atomic E-state index is 12.5.